The third-order valence-electron chi connectivity index (χ3n) is 3.32. The maximum absolute atomic E-state index is 12.3. The molecule has 1 rings (SSSR count). The second-order valence-corrected chi connectivity index (χ2v) is 6.65. The van der Waals surface area contributed by atoms with Crippen molar-refractivity contribution in [2.24, 2.45) is 11.1 Å². The lowest BCUT2D eigenvalue weighted by molar-refractivity contribution is -0.126. The summed E-state index contributed by atoms with van der Waals surface area (Å²) in [4.78, 5) is 14.5. The third kappa shape index (κ3) is 6.97. The first kappa shape index (κ1) is 23.5. The van der Waals surface area contributed by atoms with E-state index in [4.69, 9.17) is 5.73 Å². The molecule has 1 atom stereocenters. The van der Waals surface area contributed by atoms with Gasteiger partial charge in [-0.05, 0) is 32.0 Å². The zero-order chi connectivity index (χ0) is 15.4. The van der Waals surface area contributed by atoms with Gasteiger partial charge in [0.2, 0.25) is 5.91 Å². The zero-order valence-electron chi connectivity index (χ0n) is 14.1. The average Bonchev–Trinajstić information content (AvgIpc) is 2.35. The molecule has 3 N–H and O–H groups in total. The van der Waals surface area contributed by atoms with Crippen molar-refractivity contribution >= 4 is 30.7 Å². The molecule has 0 radical (unpaired) electrons. The van der Waals surface area contributed by atoms with Crippen LogP contribution in [0, 0.1) is 5.41 Å². The molecule has 0 spiro atoms. The van der Waals surface area contributed by atoms with Crippen molar-refractivity contribution in [2.75, 3.05) is 27.2 Å². The van der Waals surface area contributed by atoms with Crippen LogP contribution in [0.3, 0.4) is 0 Å². The fourth-order valence-electron chi connectivity index (χ4n) is 2.33. The predicted octanol–water partition coefficient (Wildman–Crippen LogP) is 2.41. The largest absolute Gasteiger partial charge is 0.354 e. The van der Waals surface area contributed by atoms with Crippen LogP contribution in [-0.4, -0.2) is 38.0 Å². The van der Waals surface area contributed by atoms with Crippen molar-refractivity contribution in [1.29, 1.82) is 0 Å². The van der Waals surface area contributed by atoms with Crippen molar-refractivity contribution in [1.82, 2.24) is 10.2 Å². The quantitative estimate of drug-likeness (QED) is 0.828. The Balaban J connectivity index is 0. The second-order valence-electron chi connectivity index (χ2n) is 6.65. The molecule has 0 heterocycles. The standard InChI is InChI=1S/C16H27N3O.2ClH/c1-15(2,12-19(4)5)11-18-14(20)16(3,17)13-9-7-6-8-10-13;;/h6-10H,11-12,17H2,1-5H3,(H,18,20);2*1H. The minimum atomic E-state index is -1.00. The molecule has 0 saturated heterocycles. The molecule has 1 amide bonds. The first-order valence-electron chi connectivity index (χ1n) is 6.92. The Morgan fingerprint density at radius 3 is 2.09 bits per heavy atom. The van der Waals surface area contributed by atoms with Gasteiger partial charge in [0.05, 0.1) is 0 Å². The van der Waals surface area contributed by atoms with E-state index in [0.717, 1.165) is 12.1 Å². The number of hydrogen-bond acceptors (Lipinski definition) is 3. The maximum atomic E-state index is 12.3. The van der Waals surface area contributed by atoms with E-state index in [0.29, 0.717) is 6.54 Å². The minimum absolute atomic E-state index is 0. The van der Waals surface area contributed by atoms with Crippen molar-refractivity contribution in [3.63, 3.8) is 0 Å². The smallest absolute Gasteiger partial charge is 0.244 e. The summed E-state index contributed by atoms with van der Waals surface area (Å²) in [6.45, 7) is 7.51. The lowest BCUT2D eigenvalue weighted by Gasteiger charge is -2.31. The molecule has 1 aromatic rings. The van der Waals surface area contributed by atoms with E-state index in [1.54, 1.807) is 6.92 Å². The zero-order valence-corrected chi connectivity index (χ0v) is 15.7. The molecule has 128 valence electrons. The number of nitrogens with two attached hydrogens (primary N) is 1. The van der Waals surface area contributed by atoms with Gasteiger partial charge in [-0.25, -0.2) is 0 Å². The number of amides is 1. The summed E-state index contributed by atoms with van der Waals surface area (Å²) in [7, 11) is 4.06. The van der Waals surface area contributed by atoms with Gasteiger partial charge in [-0.2, -0.15) is 0 Å². The van der Waals surface area contributed by atoms with Crippen LogP contribution in [0.15, 0.2) is 30.3 Å². The van der Waals surface area contributed by atoms with Crippen molar-refractivity contribution in [3.8, 4) is 0 Å². The molecule has 1 aromatic carbocycles. The van der Waals surface area contributed by atoms with Gasteiger partial charge in [-0.15, -0.1) is 24.8 Å². The molecule has 0 fully saturated rings. The number of benzene rings is 1. The van der Waals surface area contributed by atoms with Crippen LogP contribution in [0.5, 0.6) is 0 Å². The highest BCUT2D eigenvalue weighted by molar-refractivity contribution is 5.87. The molecule has 0 saturated carbocycles. The van der Waals surface area contributed by atoms with Gasteiger partial charge in [0, 0.05) is 13.1 Å². The summed E-state index contributed by atoms with van der Waals surface area (Å²) in [5.74, 6) is -0.143. The van der Waals surface area contributed by atoms with Gasteiger partial charge in [-0.1, -0.05) is 44.2 Å². The SMILES string of the molecule is CN(C)CC(C)(C)CNC(=O)C(C)(N)c1ccccc1.Cl.Cl. The molecular formula is C16H29Cl2N3O. The third-order valence-corrected chi connectivity index (χ3v) is 3.32. The molecule has 0 aliphatic rings. The fraction of sp³-hybridized carbons (Fsp3) is 0.562. The van der Waals surface area contributed by atoms with Gasteiger partial charge < -0.3 is 16.0 Å². The minimum Gasteiger partial charge on any atom is -0.354 e. The van der Waals surface area contributed by atoms with Crippen LogP contribution >= 0.6 is 24.8 Å². The van der Waals surface area contributed by atoms with Crippen LogP contribution in [0.1, 0.15) is 26.3 Å². The summed E-state index contributed by atoms with van der Waals surface area (Å²) in [6, 6.07) is 9.46. The summed E-state index contributed by atoms with van der Waals surface area (Å²) < 4.78 is 0. The predicted molar refractivity (Wildman–Crippen MR) is 97.8 cm³/mol. The lowest BCUT2D eigenvalue weighted by atomic mass is 9.90. The van der Waals surface area contributed by atoms with Crippen molar-refractivity contribution in [3.05, 3.63) is 35.9 Å². The van der Waals surface area contributed by atoms with Crippen molar-refractivity contribution in [2.45, 2.75) is 26.3 Å². The Morgan fingerprint density at radius 1 is 1.14 bits per heavy atom. The molecule has 0 bridgehead atoms. The number of carbonyl (C=O) groups excluding carboxylic acids is 1. The molecule has 4 nitrogen and oxygen atoms in total. The molecule has 22 heavy (non-hydrogen) atoms. The normalized spacial score (nSPS) is 13.6. The Morgan fingerprint density at radius 2 is 1.64 bits per heavy atom. The van der Waals surface area contributed by atoms with E-state index in [1.165, 1.54) is 0 Å². The molecule has 6 heteroatoms. The summed E-state index contributed by atoms with van der Waals surface area (Å²) in [5, 5.41) is 2.98. The maximum Gasteiger partial charge on any atom is 0.244 e. The first-order chi connectivity index (χ1) is 9.15. The number of rotatable bonds is 6. The van der Waals surface area contributed by atoms with Gasteiger partial charge >= 0.3 is 0 Å². The van der Waals surface area contributed by atoms with Crippen molar-refractivity contribution < 1.29 is 4.79 Å². The van der Waals surface area contributed by atoms with E-state index >= 15 is 0 Å². The van der Waals surface area contributed by atoms with Crippen LogP contribution in [0.4, 0.5) is 0 Å². The van der Waals surface area contributed by atoms with Crippen LogP contribution in [0.25, 0.3) is 0 Å². The van der Waals surface area contributed by atoms with E-state index in [9.17, 15) is 4.79 Å². The average molecular weight is 350 g/mol. The number of halogens is 2. The van der Waals surface area contributed by atoms with E-state index in [1.807, 2.05) is 44.4 Å². The number of nitrogens with one attached hydrogen (secondary N) is 1. The van der Waals surface area contributed by atoms with Gasteiger partial charge in [0.25, 0.3) is 0 Å². The van der Waals surface area contributed by atoms with E-state index in [2.05, 4.69) is 24.1 Å². The van der Waals surface area contributed by atoms with E-state index in [-0.39, 0.29) is 36.1 Å². The Labute approximate surface area is 146 Å². The second kappa shape index (κ2) is 9.36. The lowest BCUT2D eigenvalue weighted by Crippen LogP contribution is -2.51. The topological polar surface area (TPSA) is 58.4 Å². The van der Waals surface area contributed by atoms with Crippen LogP contribution < -0.4 is 11.1 Å². The van der Waals surface area contributed by atoms with E-state index < -0.39 is 5.54 Å². The first-order valence-corrected chi connectivity index (χ1v) is 6.92. The summed E-state index contributed by atoms with van der Waals surface area (Å²) in [6.07, 6.45) is 0. The Kier molecular flexibility index (Phi) is 9.98. The summed E-state index contributed by atoms with van der Waals surface area (Å²) >= 11 is 0. The van der Waals surface area contributed by atoms with Gasteiger partial charge in [-0.3, -0.25) is 4.79 Å². The highest BCUT2D eigenvalue weighted by atomic mass is 35.5. The van der Waals surface area contributed by atoms with Crippen LogP contribution in [0.2, 0.25) is 0 Å². The number of hydrogen-bond donors (Lipinski definition) is 2. The molecular weight excluding hydrogens is 321 g/mol. The number of carbonyl (C=O) groups is 1. The molecule has 1 unspecified atom stereocenters. The Hall–Kier alpha value is -0.810. The van der Waals surface area contributed by atoms with Crippen LogP contribution in [-0.2, 0) is 10.3 Å². The Bertz CT molecular complexity index is 448. The molecule has 0 aromatic heterocycles. The highest BCUT2D eigenvalue weighted by Gasteiger charge is 2.31. The highest BCUT2D eigenvalue weighted by Crippen LogP contribution is 2.19. The fourth-order valence-corrected chi connectivity index (χ4v) is 2.33. The molecule has 0 aliphatic heterocycles. The molecule has 0 aliphatic carbocycles. The van der Waals surface area contributed by atoms with Gasteiger partial charge in [0.15, 0.2) is 0 Å². The number of nitrogens with zero attached hydrogens (tertiary/aromatic N) is 1. The summed E-state index contributed by atoms with van der Waals surface area (Å²) in [5.41, 5.74) is 6.01. The monoisotopic (exact) mass is 349 g/mol. The van der Waals surface area contributed by atoms with Gasteiger partial charge in [0.1, 0.15) is 5.54 Å².